The van der Waals surface area contributed by atoms with Gasteiger partial charge in [0.05, 0.1) is 11.4 Å². The second-order valence-corrected chi connectivity index (χ2v) is 19.5. The first-order valence-electron chi connectivity index (χ1n) is 22.9. The van der Waals surface area contributed by atoms with Gasteiger partial charge in [0.25, 0.3) is 6.71 Å². The van der Waals surface area contributed by atoms with Gasteiger partial charge in [-0.25, -0.2) is 0 Å². The lowest BCUT2D eigenvalue weighted by Crippen LogP contribution is -2.61. The zero-order chi connectivity index (χ0) is 43.1. The van der Waals surface area contributed by atoms with Gasteiger partial charge < -0.3 is 18.6 Å². The summed E-state index contributed by atoms with van der Waals surface area (Å²) < 4.78 is 14.4. The third-order valence-electron chi connectivity index (χ3n) is 15.6. The van der Waals surface area contributed by atoms with Crippen LogP contribution in [-0.2, 0) is 10.8 Å². The fraction of sp³-hybridized carbons (Fsp3) is 0.100. The van der Waals surface area contributed by atoms with Gasteiger partial charge in [-0.1, -0.05) is 155 Å². The van der Waals surface area contributed by atoms with E-state index in [0.29, 0.717) is 0 Å². The molecule has 0 radical (unpaired) electrons. The summed E-state index contributed by atoms with van der Waals surface area (Å²) in [6.07, 6.45) is 0. The van der Waals surface area contributed by atoms with Gasteiger partial charge >= 0.3 is 0 Å². The van der Waals surface area contributed by atoms with Crippen molar-refractivity contribution in [2.75, 3.05) is 9.80 Å². The van der Waals surface area contributed by atoms with Crippen LogP contribution in [0.5, 0.6) is 0 Å². The molecule has 0 atom stereocenters. The lowest BCUT2D eigenvalue weighted by molar-refractivity contribution is 0.620. The predicted octanol–water partition coefficient (Wildman–Crippen LogP) is 14.2. The Morgan fingerprint density at radius 3 is 1.71 bits per heavy atom. The molecule has 0 saturated carbocycles. The summed E-state index contributed by atoms with van der Waals surface area (Å²) in [6.45, 7) is 9.44. The Bertz CT molecular complexity index is 3940. The summed E-state index contributed by atoms with van der Waals surface area (Å²) in [4.78, 5) is 5.03. The van der Waals surface area contributed by atoms with E-state index in [0.717, 1.165) is 72.3 Å². The zero-order valence-corrected chi connectivity index (χ0v) is 36.5. The van der Waals surface area contributed by atoms with Crippen molar-refractivity contribution in [1.82, 2.24) is 0 Å². The Labute approximate surface area is 377 Å². The van der Waals surface area contributed by atoms with E-state index in [1.54, 1.807) is 0 Å². The molecule has 4 nitrogen and oxygen atoms in total. The Morgan fingerprint density at radius 2 is 0.938 bits per heavy atom. The molecule has 11 aromatic rings. The molecule has 2 aliphatic carbocycles. The number of hydrogen-bond acceptors (Lipinski definition) is 4. The van der Waals surface area contributed by atoms with E-state index >= 15 is 0 Å². The highest BCUT2D eigenvalue weighted by atomic mass is 16.3. The Balaban J connectivity index is 1.03. The highest BCUT2D eigenvalue weighted by Crippen LogP contribution is 2.59. The minimum Gasteiger partial charge on any atom is -0.454 e. The highest BCUT2D eigenvalue weighted by Gasteiger charge is 2.47. The zero-order valence-electron chi connectivity index (χ0n) is 36.5. The molecule has 0 saturated heterocycles. The number of hydrogen-bond donors (Lipinski definition) is 0. The minimum absolute atomic E-state index is 0.00770. The Kier molecular flexibility index (Phi) is 6.63. The number of benzene rings is 9. The molecule has 0 fully saturated rings. The third-order valence-corrected chi connectivity index (χ3v) is 15.6. The number of rotatable bonds is 2. The molecule has 0 bridgehead atoms. The molecule has 5 heteroatoms. The van der Waals surface area contributed by atoms with Crippen molar-refractivity contribution in [2.45, 2.75) is 38.5 Å². The number of nitrogens with zero attached hydrogens (tertiary/aromatic N) is 2. The fourth-order valence-electron chi connectivity index (χ4n) is 12.9. The van der Waals surface area contributed by atoms with Crippen molar-refractivity contribution < 1.29 is 8.83 Å². The summed E-state index contributed by atoms with van der Waals surface area (Å²) in [6, 6.07) is 65.0. The molecule has 65 heavy (non-hydrogen) atoms. The van der Waals surface area contributed by atoms with E-state index < -0.39 is 0 Å². The van der Waals surface area contributed by atoms with Gasteiger partial charge in [0, 0.05) is 60.7 Å². The van der Waals surface area contributed by atoms with Gasteiger partial charge in [0.1, 0.15) is 11.2 Å². The first-order chi connectivity index (χ1) is 31.8. The van der Waals surface area contributed by atoms with E-state index in [1.165, 1.54) is 66.6 Å². The van der Waals surface area contributed by atoms with Gasteiger partial charge in [0.15, 0.2) is 11.2 Å². The molecular weight excluding hydrogens is 791 g/mol. The van der Waals surface area contributed by atoms with Crippen LogP contribution in [0.4, 0.5) is 34.1 Å². The topological polar surface area (TPSA) is 32.8 Å². The van der Waals surface area contributed by atoms with Crippen LogP contribution in [-0.4, -0.2) is 6.71 Å². The van der Waals surface area contributed by atoms with Crippen molar-refractivity contribution in [3.8, 4) is 22.3 Å². The van der Waals surface area contributed by atoms with Crippen LogP contribution < -0.4 is 26.2 Å². The van der Waals surface area contributed by atoms with Crippen molar-refractivity contribution in [3.63, 3.8) is 0 Å². The highest BCUT2D eigenvalue weighted by molar-refractivity contribution is 7.00. The minimum atomic E-state index is -0.305. The first-order valence-corrected chi connectivity index (χ1v) is 22.9. The van der Waals surface area contributed by atoms with E-state index in [4.69, 9.17) is 8.83 Å². The fourth-order valence-corrected chi connectivity index (χ4v) is 12.9. The second kappa shape index (κ2) is 12.1. The first kappa shape index (κ1) is 35.7. The predicted molar refractivity (Wildman–Crippen MR) is 270 cm³/mol. The molecule has 0 N–H and O–H groups in total. The average molecular weight is 833 g/mol. The third kappa shape index (κ3) is 4.30. The lowest BCUT2D eigenvalue weighted by Gasteiger charge is -2.44. The summed E-state index contributed by atoms with van der Waals surface area (Å²) in [5.41, 5.74) is 24.1. The largest absolute Gasteiger partial charge is 0.454 e. The van der Waals surface area contributed by atoms with Crippen molar-refractivity contribution in [3.05, 3.63) is 198 Å². The summed E-state index contributed by atoms with van der Waals surface area (Å²) in [5, 5.41) is 4.53. The molecule has 2 aliphatic heterocycles. The summed E-state index contributed by atoms with van der Waals surface area (Å²) in [5.74, 6) is 0. The molecule has 15 rings (SSSR count). The van der Waals surface area contributed by atoms with Crippen molar-refractivity contribution in [1.29, 1.82) is 0 Å². The van der Waals surface area contributed by atoms with Gasteiger partial charge in [-0.15, -0.1) is 0 Å². The quantitative estimate of drug-likeness (QED) is 0.162. The van der Waals surface area contributed by atoms with Crippen LogP contribution in [0.15, 0.2) is 185 Å². The lowest BCUT2D eigenvalue weighted by atomic mass is 9.33. The van der Waals surface area contributed by atoms with Crippen LogP contribution in [0.3, 0.4) is 0 Å². The van der Waals surface area contributed by atoms with Crippen LogP contribution in [0.2, 0.25) is 0 Å². The van der Waals surface area contributed by atoms with Crippen LogP contribution in [0.25, 0.3) is 66.1 Å². The van der Waals surface area contributed by atoms with Crippen molar-refractivity contribution in [2.24, 2.45) is 0 Å². The molecule has 9 aromatic carbocycles. The van der Waals surface area contributed by atoms with E-state index in [9.17, 15) is 0 Å². The van der Waals surface area contributed by atoms with Gasteiger partial charge in [-0.3, -0.25) is 0 Å². The standard InChI is InChI=1S/C60H41BN2O2/c1-59(2)43-22-9-6-18-35(43)40-33-41-36-19-7-14-30-51(36)64-58(41)55(52(40)59)63-47-26-13-11-24-45(47)61-44-23-10-12-25-46(44)62(48-27-16-28-49(63)54(48)61)50-29-15-20-38-39-32-31-37-34-17-5-8-21-42(34)60(3,4)53(37)57(39)65-56(38)50/h5-33H,1-4H3. The summed E-state index contributed by atoms with van der Waals surface area (Å²) >= 11 is 0. The molecule has 4 heterocycles. The van der Waals surface area contributed by atoms with Gasteiger partial charge in [-0.05, 0) is 104 Å². The molecule has 0 amide bonds. The molecule has 2 aromatic heterocycles. The molecular formula is C60H41BN2O2. The maximum absolute atomic E-state index is 7.34. The molecule has 0 unspecified atom stereocenters. The van der Waals surface area contributed by atoms with E-state index in [1.807, 2.05) is 0 Å². The maximum atomic E-state index is 7.34. The molecule has 306 valence electrons. The number of fused-ring (bicyclic) bond motifs is 17. The van der Waals surface area contributed by atoms with E-state index in [2.05, 4.69) is 213 Å². The molecule has 4 aliphatic rings. The SMILES string of the molecule is CC1(C)c2ccccc2-c2cc3c(oc4ccccc43)c(N3c4ccccc4B4c5ccccc5N(c5cccc6c5oc5c7c(ccc56)-c5ccccc5C7(C)C)c5cccc3c54)c21. The van der Waals surface area contributed by atoms with Crippen LogP contribution >= 0.6 is 0 Å². The van der Waals surface area contributed by atoms with Gasteiger partial charge in [0.2, 0.25) is 0 Å². The average Bonchev–Trinajstić information content (AvgIpc) is 4.04. The Hall–Kier alpha value is -7.76. The number of anilines is 6. The number of para-hydroxylation sites is 4. The molecule has 0 spiro atoms. The Morgan fingerprint density at radius 1 is 0.385 bits per heavy atom. The smallest absolute Gasteiger partial charge is 0.252 e. The monoisotopic (exact) mass is 832 g/mol. The normalized spacial score (nSPS) is 15.5. The van der Waals surface area contributed by atoms with Crippen LogP contribution in [0.1, 0.15) is 49.9 Å². The van der Waals surface area contributed by atoms with Crippen molar-refractivity contribution >= 4 is 101 Å². The second-order valence-electron chi connectivity index (χ2n) is 19.5. The van der Waals surface area contributed by atoms with E-state index in [-0.39, 0.29) is 17.5 Å². The van der Waals surface area contributed by atoms with Gasteiger partial charge in [-0.2, -0.15) is 0 Å². The maximum Gasteiger partial charge on any atom is 0.252 e. The summed E-state index contributed by atoms with van der Waals surface area (Å²) in [7, 11) is 0. The van der Waals surface area contributed by atoms with Crippen LogP contribution in [0, 0.1) is 0 Å². The number of furan rings is 2.